The topological polar surface area (TPSA) is 84.2 Å². The lowest BCUT2D eigenvalue weighted by atomic mass is 9.82. The van der Waals surface area contributed by atoms with E-state index in [1.54, 1.807) is 13.8 Å². The number of aliphatic hydroxyl groups is 1. The molecule has 0 radical (unpaired) electrons. The number of hydrogen-bond acceptors (Lipinski definition) is 4. The Bertz CT molecular complexity index is 585. The fraction of sp³-hybridized carbons (Fsp3) is 0.786. The number of sulfonamides is 1. The highest BCUT2D eigenvalue weighted by molar-refractivity contribution is 7.89. The van der Waals surface area contributed by atoms with E-state index in [1.165, 1.54) is 4.68 Å². The van der Waals surface area contributed by atoms with E-state index in [0.29, 0.717) is 24.5 Å². The molecule has 0 fully saturated rings. The van der Waals surface area contributed by atoms with E-state index in [2.05, 4.69) is 30.6 Å². The Kier molecular flexibility index (Phi) is 5.57. The molecule has 0 aliphatic carbocycles. The third-order valence-electron chi connectivity index (χ3n) is 3.95. The van der Waals surface area contributed by atoms with Gasteiger partial charge < -0.3 is 5.11 Å². The van der Waals surface area contributed by atoms with Gasteiger partial charge in [-0.2, -0.15) is 5.10 Å². The van der Waals surface area contributed by atoms with Gasteiger partial charge in [-0.15, -0.1) is 0 Å². The standard InChI is InChI=1S/C14H27N3O3S/c1-10(14(4,5)6)9-15-21(19,20)13-11(2)16-17(7-8-18)12(13)3/h10,15,18H,7-9H2,1-6H3. The maximum Gasteiger partial charge on any atom is 0.244 e. The van der Waals surface area contributed by atoms with Gasteiger partial charge in [-0.1, -0.05) is 27.7 Å². The van der Waals surface area contributed by atoms with E-state index in [4.69, 9.17) is 5.11 Å². The number of hydrogen-bond donors (Lipinski definition) is 2. The second-order valence-corrected chi connectivity index (χ2v) is 8.27. The molecule has 1 rings (SSSR count). The van der Waals surface area contributed by atoms with Crippen LogP contribution in [0.4, 0.5) is 0 Å². The van der Waals surface area contributed by atoms with Crippen molar-refractivity contribution in [2.24, 2.45) is 11.3 Å². The molecule has 0 aliphatic rings. The second kappa shape index (κ2) is 6.46. The van der Waals surface area contributed by atoms with E-state index in [-0.39, 0.29) is 22.8 Å². The van der Waals surface area contributed by atoms with Gasteiger partial charge in [-0.05, 0) is 25.2 Å². The van der Waals surface area contributed by atoms with Crippen molar-refractivity contribution in [1.29, 1.82) is 0 Å². The summed E-state index contributed by atoms with van der Waals surface area (Å²) in [6.45, 7) is 12.3. The smallest absolute Gasteiger partial charge is 0.244 e. The fourth-order valence-corrected chi connectivity index (χ4v) is 3.53. The summed E-state index contributed by atoms with van der Waals surface area (Å²) in [5.74, 6) is 0.209. The van der Waals surface area contributed by atoms with Crippen molar-refractivity contribution in [3.05, 3.63) is 11.4 Å². The molecule has 0 saturated carbocycles. The molecule has 1 heterocycles. The monoisotopic (exact) mass is 317 g/mol. The van der Waals surface area contributed by atoms with Gasteiger partial charge in [0.25, 0.3) is 0 Å². The molecule has 7 heteroatoms. The molecule has 0 aromatic carbocycles. The highest BCUT2D eigenvalue weighted by Crippen LogP contribution is 2.25. The zero-order valence-electron chi connectivity index (χ0n) is 13.8. The lowest BCUT2D eigenvalue weighted by molar-refractivity contribution is 0.263. The molecule has 1 aromatic heterocycles. The molecular formula is C14H27N3O3S. The largest absolute Gasteiger partial charge is 0.394 e. The summed E-state index contributed by atoms with van der Waals surface area (Å²) in [4.78, 5) is 0.219. The molecular weight excluding hydrogens is 290 g/mol. The number of nitrogens with one attached hydrogen (secondary N) is 1. The average molecular weight is 317 g/mol. The first-order valence-electron chi connectivity index (χ1n) is 7.15. The Morgan fingerprint density at radius 3 is 2.38 bits per heavy atom. The van der Waals surface area contributed by atoms with Gasteiger partial charge in [0.2, 0.25) is 10.0 Å². The van der Waals surface area contributed by atoms with Gasteiger partial charge in [0, 0.05) is 6.54 Å². The molecule has 0 saturated heterocycles. The first-order valence-corrected chi connectivity index (χ1v) is 8.63. The second-order valence-electron chi connectivity index (χ2n) is 6.57. The molecule has 21 heavy (non-hydrogen) atoms. The lowest BCUT2D eigenvalue weighted by Gasteiger charge is -2.27. The summed E-state index contributed by atoms with van der Waals surface area (Å²) in [5.41, 5.74) is 1.04. The number of aromatic nitrogens is 2. The zero-order valence-corrected chi connectivity index (χ0v) is 14.6. The Morgan fingerprint density at radius 1 is 1.33 bits per heavy atom. The molecule has 6 nitrogen and oxygen atoms in total. The van der Waals surface area contributed by atoms with E-state index < -0.39 is 10.0 Å². The minimum absolute atomic E-state index is 0.0354. The summed E-state index contributed by atoms with van der Waals surface area (Å²) in [5, 5.41) is 13.2. The first kappa shape index (κ1) is 18.1. The van der Waals surface area contributed by atoms with Crippen molar-refractivity contribution in [1.82, 2.24) is 14.5 Å². The Morgan fingerprint density at radius 2 is 1.90 bits per heavy atom. The summed E-state index contributed by atoms with van der Waals surface area (Å²) in [6.07, 6.45) is 0. The van der Waals surface area contributed by atoms with Crippen LogP contribution in [0.1, 0.15) is 39.1 Å². The van der Waals surface area contributed by atoms with Crippen LogP contribution in [0.5, 0.6) is 0 Å². The van der Waals surface area contributed by atoms with Gasteiger partial charge in [0.05, 0.1) is 24.5 Å². The first-order chi connectivity index (χ1) is 9.50. The highest BCUT2D eigenvalue weighted by Gasteiger charge is 2.27. The molecule has 122 valence electrons. The maximum atomic E-state index is 12.5. The van der Waals surface area contributed by atoms with Gasteiger partial charge in [0.1, 0.15) is 4.90 Å². The van der Waals surface area contributed by atoms with E-state index in [1.807, 2.05) is 6.92 Å². The van der Waals surface area contributed by atoms with Gasteiger partial charge in [0.15, 0.2) is 0 Å². The van der Waals surface area contributed by atoms with E-state index in [9.17, 15) is 8.42 Å². The Hall–Kier alpha value is -0.920. The molecule has 1 atom stereocenters. The number of rotatable bonds is 6. The third kappa shape index (κ3) is 4.28. The average Bonchev–Trinajstić information content (AvgIpc) is 2.61. The van der Waals surface area contributed by atoms with Crippen LogP contribution in [0.25, 0.3) is 0 Å². The van der Waals surface area contributed by atoms with Crippen LogP contribution in [0.3, 0.4) is 0 Å². The van der Waals surface area contributed by atoms with Crippen LogP contribution in [0, 0.1) is 25.2 Å². The predicted octanol–water partition coefficient (Wildman–Crippen LogP) is 1.45. The van der Waals surface area contributed by atoms with Crippen molar-refractivity contribution < 1.29 is 13.5 Å². The number of aryl methyl sites for hydroxylation is 1. The molecule has 2 N–H and O–H groups in total. The summed E-state index contributed by atoms with van der Waals surface area (Å²) in [7, 11) is -3.59. The predicted molar refractivity (Wildman–Crippen MR) is 82.6 cm³/mol. The minimum Gasteiger partial charge on any atom is -0.394 e. The van der Waals surface area contributed by atoms with Gasteiger partial charge in [-0.3, -0.25) is 4.68 Å². The highest BCUT2D eigenvalue weighted by atomic mass is 32.2. The SMILES string of the molecule is Cc1nn(CCO)c(C)c1S(=O)(=O)NCC(C)C(C)(C)C. The number of aliphatic hydroxyl groups excluding tert-OH is 1. The molecule has 1 unspecified atom stereocenters. The van der Waals surface area contributed by atoms with Crippen molar-refractivity contribution in [2.45, 2.75) is 53.0 Å². The molecule has 0 spiro atoms. The normalized spacial score (nSPS) is 14.4. The fourth-order valence-electron chi connectivity index (χ4n) is 1.99. The molecule has 0 amide bonds. The Balaban J connectivity index is 2.99. The van der Waals surface area contributed by atoms with Crippen molar-refractivity contribution in [2.75, 3.05) is 13.2 Å². The third-order valence-corrected chi connectivity index (χ3v) is 5.63. The van der Waals surface area contributed by atoms with Gasteiger partial charge >= 0.3 is 0 Å². The van der Waals surface area contributed by atoms with Crippen LogP contribution in [-0.2, 0) is 16.6 Å². The molecule has 1 aromatic rings. The van der Waals surface area contributed by atoms with E-state index in [0.717, 1.165) is 0 Å². The lowest BCUT2D eigenvalue weighted by Crippen LogP contribution is -2.34. The summed E-state index contributed by atoms with van der Waals surface area (Å²) >= 11 is 0. The zero-order chi connectivity index (χ0) is 16.4. The quantitative estimate of drug-likeness (QED) is 0.832. The maximum absolute atomic E-state index is 12.5. The van der Waals surface area contributed by atoms with Crippen LogP contribution in [-0.4, -0.2) is 36.5 Å². The van der Waals surface area contributed by atoms with E-state index >= 15 is 0 Å². The Labute approximate surface area is 127 Å². The minimum atomic E-state index is -3.59. The van der Waals surface area contributed by atoms with Crippen LogP contribution in [0.2, 0.25) is 0 Å². The summed E-state index contributed by atoms with van der Waals surface area (Å²) in [6, 6.07) is 0. The van der Waals surface area contributed by atoms with Crippen LogP contribution < -0.4 is 4.72 Å². The molecule has 0 aliphatic heterocycles. The van der Waals surface area contributed by atoms with Crippen LogP contribution in [0.15, 0.2) is 4.90 Å². The van der Waals surface area contributed by atoms with Gasteiger partial charge in [-0.25, -0.2) is 13.1 Å². The number of nitrogens with zero attached hydrogens (tertiary/aromatic N) is 2. The molecule has 0 bridgehead atoms. The van der Waals surface area contributed by atoms with Crippen LogP contribution >= 0.6 is 0 Å². The van der Waals surface area contributed by atoms with Crippen molar-refractivity contribution in [3.63, 3.8) is 0 Å². The van der Waals surface area contributed by atoms with Crippen molar-refractivity contribution >= 4 is 10.0 Å². The van der Waals surface area contributed by atoms with Crippen molar-refractivity contribution in [3.8, 4) is 0 Å². The summed E-state index contributed by atoms with van der Waals surface area (Å²) < 4.78 is 29.2.